The van der Waals surface area contributed by atoms with E-state index in [0.29, 0.717) is 28.0 Å². The normalized spacial score (nSPS) is 10.8. The Hall–Kier alpha value is -3.87. The zero-order chi connectivity index (χ0) is 18.1. The van der Waals surface area contributed by atoms with Gasteiger partial charge in [-0.2, -0.15) is 0 Å². The van der Waals surface area contributed by atoms with Crippen molar-refractivity contribution >= 4 is 28.3 Å². The average molecular weight is 345 g/mol. The lowest BCUT2D eigenvalue weighted by atomic mass is 10.1. The van der Waals surface area contributed by atoms with Crippen molar-refractivity contribution in [2.75, 3.05) is 11.1 Å². The van der Waals surface area contributed by atoms with Gasteiger partial charge in [0.05, 0.1) is 22.3 Å². The van der Waals surface area contributed by atoms with Crippen LogP contribution in [0.5, 0.6) is 0 Å². The number of nitrogen functional groups attached to an aromatic ring is 1. The maximum absolute atomic E-state index is 12.4. The number of imidazole rings is 1. The van der Waals surface area contributed by atoms with Crippen LogP contribution in [-0.2, 0) is 0 Å². The molecular weight excluding hydrogens is 330 g/mol. The molecule has 2 aromatic heterocycles. The Balaban J connectivity index is 1.53. The van der Waals surface area contributed by atoms with Gasteiger partial charge in [0.2, 0.25) is 0 Å². The van der Waals surface area contributed by atoms with Gasteiger partial charge in [-0.15, -0.1) is 0 Å². The van der Waals surface area contributed by atoms with Gasteiger partial charge < -0.3 is 21.0 Å². The summed E-state index contributed by atoms with van der Waals surface area (Å²) in [6.07, 6.45) is 1.53. The molecule has 26 heavy (non-hydrogen) atoms. The molecule has 7 nitrogen and oxygen atoms in total. The van der Waals surface area contributed by atoms with Gasteiger partial charge in [-0.1, -0.05) is 12.1 Å². The summed E-state index contributed by atoms with van der Waals surface area (Å²) in [5.41, 5.74) is 10.1. The molecule has 0 bridgehead atoms. The first-order chi connectivity index (χ1) is 12.6. The van der Waals surface area contributed by atoms with E-state index in [1.807, 2.05) is 12.1 Å². The lowest BCUT2D eigenvalue weighted by Crippen LogP contribution is -2.12. The van der Waals surface area contributed by atoms with Gasteiger partial charge in [0.1, 0.15) is 0 Å². The highest BCUT2D eigenvalue weighted by molar-refractivity contribution is 6.04. The number of nitrogens with one attached hydrogen (secondary N) is 3. The number of nitrogens with two attached hydrogens (primary N) is 1. The largest absolute Gasteiger partial charge is 0.399 e. The number of nitrogens with zero attached hydrogens (tertiary/aromatic N) is 1. The fourth-order valence-electron chi connectivity index (χ4n) is 2.67. The first-order valence-electron chi connectivity index (χ1n) is 7.94. The molecule has 1 amide bonds. The minimum atomic E-state index is -0.286. The second-order valence-corrected chi connectivity index (χ2v) is 5.85. The van der Waals surface area contributed by atoms with Crippen molar-refractivity contribution in [3.8, 4) is 11.3 Å². The van der Waals surface area contributed by atoms with Gasteiger partial charge >= 0.3 is 5.69 Å². The maximum atomic E-state index is 12.4. The lowest BCUT2D eigenvalue weighted by Gasteiger charge is -2.06. The molecule has 5 N–H and O–H groups in total. The summed E-state index contributed by atoms with van der Waals surface area (Å²) in [6, 6.07) is 16.0. The Morgan fingerprint density at radius 3 is 2.46 bits per heavy atom. The Morgan fingerprint density at radius 1 is 0.962 bits per heavy atom. The van der Waals surface area contributed by atoms with Crippen molar-refractivity contribution in [2.45, 2.75) is 0 Å². The second kappa shape index (κ2) is 6.21. The van der Waals surface area contributed by atoms with Crippen molar-refractivity contribution in [1.82, 2.24) is 15.0 Å². The molecule has 7 heteroatoms. The van der Waals surface area contributed by atoms with E-state index >= 15 is 0 Å². The number of pyridine rings is 1. The quantitative estimate of drug-likeness (QED) is 0.427. The fourth-order valence-corrected chi connectivity index (χ4v) is 2.67. The average Bonchev–Trinajstić information content (AvgIpc) is 3.02. The Morgan fingerprint density at radius 2 is 1.73 bits per heavy atom. The van der Waals surface area contributed by atoms with Crippen LogP contribution in [0.25, 0.3) is 22.3 Å². The number of hydrogen-bond acceptors (Lipinski definition) is 4. The van der Waals surface area contributed by atoms with Gasteiger partial charge in [0.15, 0.2) is 0 Å². The zero-order valence-corrected chi connectivity index (χ0v) is 13.6. The molecule has 0 atom stereocenters. The van der Waals surface area contributed by atoms with E-state index in [-0.39, 0.29) is 11.6 Å². The van der Waals surface area contributed by atoms with Crippen LogP contribution >= 0.6 is 0 Å². The van der Waals surface area contributed by atoms with E-state index in [2.05, 4.69) is 20.3 Å². The predicted octanol–water partition coefficient (Wildman–Crippen LogP) is 2.75. The van der Waals surface area contributed by atoms with E-state index in [4.69, 9.17) is 5.73 Å². The summed E-state index contributed by atoms with van der Waals surface area (Å²) < 4.78 is 0. The number of aromatic nitrogens is 3. The topological polar surface area (TPSA) is 117 Å². The molecule has 0 saturated heterocycles. The minimum Gasteiger partial charge on any atom is -0.399 e. The van der Waals surface area contributed by atoms with Crippen molar-refractivity contribution < 1.29 is 4.79 Å². The van der Waals surface area contributed by atoms with Crippen LogP contribution in [0.15, 0.2) is 65.6 Å². The number of fused-ring (bicyclic) bond motifs is 1. The molecule has 0 spiro atoms. The van der Waals surface area contributed by atoms with Crippen LogP contribution in [0.3, 0.4) is 0 Å². The molecule has 0 saturated carbocycles. The van der Waals surface area contributed by atoms with Gasteiger partial charge in [-0.3, -0.25) is 9.78 Å². The van der Waals surface area contributed by atoms with E-state index in [9.17, 15) is 9.59 Å². The molecule has 0 fully saturated rings. The molecule has 0 unspecified atom stereocenters. The van der Waals surface area contributed by atoms with Gasteiger partial charge in [0.25, 0.3) is 5.91 Å². The summed E-state index contributed by atoms with van der Waals surface area (Å²) in [7, 11) is 0. The van der Waals surface area contributed by atoms with Gasteiger partial charge in [0, 0.05) is 23.1 Å². The Labute approximate surface area is 147 Å². The Bertz CT molecular complexity index is 1140. The summed E-state index contributed by atoms with van der Waals surface area (Å²) in [6.45, 7) is 0. The number of amides is 1. The fraction of sp³-hybridized carbons (Fsp3) is 0. The number of carbonyl (C=O) groups is 1. The third-order valence-corrected chi connectivity index (χ3v) is 4.01. The molecule has 2 aromatic carbocycles. The zero-order valence-electron chi connectivity index (χ0n) is 13.6. The standard InChI is InChI=1S/C19H15N5O2/c20-13-4-1-11(2-5-13)15-7-3-12(10-21-15)18(25)22-14-6-8-16-17(9-14)24-19(26)23-16/h1-10H,20H2,(H,22,25)(H2,23,24,26). The highest BCUT2D eigenvalue weighted by atomic mass is 16.2. The van der Waals surface area contributed by atoms with E-state index in [1.54, 1.807) is 42.5 Å². The minimum absolute atomic E-state index is 0.279. The van der Waals surface area contributed by atoms with Crippen molar-refractivity contribution in [2.24, 2.45) is 0 Å². The number of H-pyrrole nitrogens is 2. The molecule has 0 aliphatic rings. The maximum Gasteiger partial charge on any atom is 0.323 e. The van der Waals surface area contributed by atoms with Crippen LogP contribution in [0.4, 0.5) is 11.4 Å². The van der Waals surface area contributed by atoms with Crippen molar-refractivity contribution in [1.29, 1.82) is 0 Å². The molecule has 0 aliphatic carbocycles. The predicted molar refractivity (Wildman–Crippen MR) is 101 cm³/mol. The first-order valence-corrected chi connectivity index (χ1v) is 7.94. The number of rotatable bonds is 3. The SMILES string of the molecule is Nc1ccc(-c2ccc(C(=O)Nc3ccc4[nH]c(=O)[nH]c4c3)cn2)cc1. The number of benzene rings is 2. The highest BCUT2D eigenvalue weighted by Gasteiger charge is 2.09. The van der Waals surface area contributed by atoms with Gasteiger partial charge in [-0.25, -0.2) is 4.79 Å². The monoisotopic (exact) mass is 345 g/mol. The van der Waals surface area contributed by atoms with E-state index < -0.39 is 0 Å². The first kappa shape index (κ1) is 15.6. The Kier molecular flexibility index (Phi) is 3.74. The smallest absolute Gasteiger partial charge is 0.323 e. The van der Waals surface area contributed by atoms with E-state index in [1.165, 1.54) is 6.20 Å². The van der Waals surface area contributed by atoms with Crippen LogP contribution in [-0.4, -0.2) is 20.9 Å². The second-order valence-electron chi connectivity index (χ2n) is 5.85. The van der Waals surface area contributed by atoms with Crippen LogP contribution in [0, 0.1) is 0 Å². The van der Waals surface area contributed by atoms with Crippen LogP contribution < -0.4 is 16.7 Å². The molecule has 0 aliphatic heterocycles. The third kappa shape index (κ3) is 3.05. The summed E-state index contributed by atoms with van der Waals surface area (Å²) in [5.74, 6) is -0.279. The molecule has 4 rings (SSSR count). The molecule has 2 heterocycles. The van der Waals surface area contributed by atoms with E-state index in [0.717, 1.165) is 11.3 Å². The van der Waals surface area contributed by atoms with Crippen LogP contribution in [0.1, 0.15) is 10.4 Å². The number of carbonyl (C=O) groups excluding carboxylic acids is 1. The summed E-state index contributed by atoms with van der Waals surface area (Å²) >= 11 is 0. The molecule has 0 radical (unpaired) electrons. The van der Waals surface area contributed by atoms with Crippen LogP contribution in [0.2, 0.25) is 0 Å². The summed E-state index contributed by atoms with van der Waals surface area (Å²) in [4.78, 5) is 33.4. The van der Waals surface area contributed by atoms with Crippen molar-refractivity contribution in [3.05, 3.63) is 76.8 Å². The molecule has 4 aromatic rings. The number of aromatic amines is 2. The molecular formula is C19H15N5O2. The number of hydrogen-bond donors (Lipinski definition) is 4. The third-order valence-electron chi connectivity index (χ3n) is 4.01. The lowest BCUT2D eigenvalue weighted by molar-refractivity contribution is 0.102. The molecule has 128 valence electrons. The number of anilines is 2. The van der Waals surface area contributed by atoms with Gasteiger partial charge in [-0.05, 0) is 42.5 Å². The van der Waals surface area contributed by atoms with Crippen molar-refractivity contribution in [3.63, 3.8) is 0 Å². The summed E-state index contributed by atoms with van der Waals surface area (Å²) in [5, 5.41) is 2.79. The highest BCUT2D eigenvalue weighted by Crippen LogP contribution is 2.19.